The van der Waals surface area contributed by atoms with E-state index in [1.807, 2.05) is 0 Å². The normalized spacial score (nSPS) is 26.6. The van der Waals surface area contributed by atoms with Gasteiger partial charge in [0.05, 0.1) is 17.1 Å². The first-order chi connectivity index (χ1) is 11.7. The Kier molecular flexibility index (Phi) is 3.93. The first-order valence-corrected chi connectivity index (χ1v) is 8.79. The Morgan fingerprint density at radius 1 is 1.12 bits per heavy atom. The van der Waals surface area contributed by atoms with Crippen molar-refractivity contribution in [1.82, 2.24) is 10.3 Å². The predicted molar refractivity (Wildman–Crippen MR) is 95.5 cm³/mol. The molecule has 2 amide bonds. The van der Waals surface area contributed by atoms with E-state index in [4.69, 9.17) is 11.6 Å². The Morgan fingerprint density at radius 2 is 1.88 bits per heavy atom. The van der Waals surface area contributed by atoms with Crippen LogP contribution in [-0.4, -0.2) is 23.1 Å². The molecule has 5 heteroatoms. The quantitative estimate of drug-likeness (QED) is 0.882. The third kappa shape index (κ3) is 2.86. The molecule has 1 aromatic carbocycles. The van der Waals surface area contributed by atoms with Crippen molar-refractivity contribution in [2.75, 3.05) is 11.4 Å². The third-order valence-corrected chi connectivity index (χ3v) is 5.50. The van der Waals surface area contributed by atoms with Crippen molar-refractivity contribution in [3.63, 3.8) is 0 Å². The molecule has 1 aliphatic heterocycles. The van der Waals surface area contributed by atoms with Crippen molar-refractivity contribution in [3.8, 4) is 0 Å². The third-order valence-electron chi connectivity index (χ3n) is 5.28. The minimum absolute atomic E-state index is 0.0528. The molecule has 1 saturated heterocycles. The summed E-state index contributed by atoms with van der Waals surface area (Å²) in [5, 5.41) is 3.80. The number of urea groups is 1. The summed E-state index contributed by atoms with van der Waals surface area (Å²) in [4.78, 5) is 18.4. The molecular weight excluding hydrogens is 322 g/mol. The molecule has 1 aromatic heterocycles. The smallest absolute Gasteiger partial charge is 0.323 e. The first kappa shape index (κ1) is 15.5. The number of hydrogen-bond acceptors (Lipinski definition) is 2. The summed E-state index contributed by atoms with van der Waals surface area (Å²) < 4.78 is 0. The van der Waals surface area contributed by atoms with Crippen LogP contribution in [0.5, 0.6) is 0 Å². The van der Waals surface area contributed by atoms with Crippen LogP contribution in [0.4, 0.5) is 10.6 Å². The molecule has 2 aromatic rings. The highest BCUT2D eigenvalue weighted by Gasteiger charge is 2.45. The van der Waals surface area contributed by atoms with Crippen molar-refractivity contribution in [3.05, 3.63) is 59.2 Å². The highest BCUT2D eigenvalue weighted by Crippen LogP contribution is 2.40. The number of nitrogens with one attached hydrogen (secondary N) is 1. The summed E-state index contributed by atoms with van der Waals surface area (Å²) in [6, 6.07) is 14.2. The van der Waals surface area contributed by atoms with Crippen molar-refractivity contribution in [2.24, 2.45) is 0 Å². The average Bonchev–Trinajstić information content (AvgIpc) is 2.93. The zero-order valence-corrected chi connectivity index (χ0v) is 14.2. The maximum absolute atomic E-state index is 12.4. The Bertz CT molecular complexity index is 724. The minimum Gasteiger partial charge on any atom is -0.330 e. The van der Waals surface area contributed by atoms with Gasteiger partial charge < -0.3 is 5.32 Å². The summed E-state index contributed by atoms with van der Waals surface area (Å²) in [5.74, 6) is 1.26. The number of nitrogens with zero attached hydrogens (tertiary/aromatic N) is 2. The van der Waals surface area contributed by atoms with Crippen LogP contribution in [0.2, 0.25) is 5.02 Å². The lowest BCUT2D eigenvalue weighted by atomic mass is 9.74. The number of halogens is 1. The molecule has 2 fully saturated rings. The molecule has 2 aliphatic rings. The van der Waals surface area contributed by atoms with Gasteiger partial charge in [-0.05, 0) is 49.3 Å². The SMILES string of the molecule is O=C1NC2(CCC(c3ccccc3)CC2)CN1c1ccc(Cl)cn1. The van der Waals surface area contributed by atoms with Crippen LogP contribution < -0.4 is 10.2 Å². The van der Waals surface area contributed by atoms with Gasteiger partial charge in [0, 0.05) is 6.20 Å². The second-order valence-corrected chi connectivity index (χ2v) is 7.25. The van der Waals surface area contributed by atoms with E-state index < -0.39 is 0 Å². The topological polar surface area (TPSA) is 45.2 Å². The maximum atomic E-state index is 12.4. The Labute approximate surface area is 146 Å². The number of pyridine rings is 1. The largest absolute Gasteiger partial charge is 0.330 e. The lowest BCUT2D eigenvalue weighted by Crippen LogP contribution is -2.46. The highest BCUT2D eigenvalue weighted by atomic mass is 35.5. The second kappa shape index (κ2) is 6.10. The van der Waals surface area contributed by atoms with Crippen molar-refractivity contribution >= 4 is 23.4 Å². The lowest BCUT2D eigenvalue weighted by molar-refractivity contribution is 0.231. The van der Waals surface area contributed by atoms with Gasteiger partial charge in [0.1, 0.15) is 5.82 Å². The molecule has 2 heterocycles. The van der Waals surface area contributed by atoms with Gasteiger partial charge in [0.25, 0.3) is 0 Å². The molecule has 4 rings (SSSR count). The van der Waals surface area contributed by atoms with E-state index in [1.54, 1.807) is 23.2 Å². The van der Waals surface area contributed by atoms with Crippen LogP contribution in [0.25, 0.3) is 0 Å². The maximum Gasteiger partial charge on any atom is 0.323 e. The monoisotopic (exact) mass is 341 g/mol. The molecule has 0 bridgehead atoms. The number of carbonyl (C=O) groups excluding carboxylic acids is 1. The molecule has 0 unspecified atom stereocenters. The van der Waals surface area contributed by atoms with Crippen LogP contribution in [0, 0.1) is 0 Å². The van der Waals surface area contributed by atoms with E-state index in [1.165, 1.54) is 5.56 Å². The molecule has 0 radical (unpaired) electrons. The van der Waals surface area contributed by atoms with Crippen LogP contribution in [-0.2, 0) is 0 Å². The number of benzene rings is 1. The van der Waals surface area contributed by atoms with Crippen molar-refractivity contribution in [1.29, 1.82) is 0 Å². The predicted octanol–water partition coefficient (Wildman–Crippen LogP) is 4.36. The number of carbonyl (C=O) groups is 1. The van der Waals surface area contributed by atoms with Gasteiger partial charge in [-0.25, -0.2) is 9.78 Å². The first-order valence-electron chi connectivity index (χ1n) is 8.41. The summed E-state index contributed by atoms with van der Waals surface area (Å²) in [6.45, 7) is 0.683. The molecule has 124 valence electrons. The van der Waals surface area contributed by atoms with Gasteiger partial charge in [0.2, 0.25) is 0 Å². The van der Waals surface area contributed by atoms with Crippen molar-refractivity contribution in [2.45, 2.75) is 37.1 Å². The fraction of sp³-hybridized carbons (Fsp3) is 0.368. The van der Waals surface area contributed by atoms with Crippen LogP contribution in [0.1, 0.15) is 37.2 Å². The Morgan fingerprint density at radius 3 is 2.54 bits per heavy atom. The highest BCUT2D eigenvalue weighted by molar-refractivity contribution is 6.30. The van der Waals surface area contributed by atoms with E-state index in [2.05, 4.69) is 40.6 Å². The Hall–Kier alpha value is -2.07. The summed E-state index contributed by atoms with van der Waals surface area (Å²) in [7, 11) is 0. The van der Waals surface area contributed by atoms with E-state index in [0.717, 1.165) is 25.7 Å². The summed E-state index contributed by atoms with van der Waals surface area (Å²) in [5.41, 5.74) is 1.29. The average molecular weight is 342 g/mol. The molecule has 24 heavy (non-hydrogen) atoms. The number of aromatic nitrogens is 1. The summed E-state index contributed by atoms with van der Waals surface area (Å²) >= 11 is 5.89. The molecule has 0 atom stereocenters. The van der Waals surface area contributed by atoms with Crippen LogP contribution >= 0.6 is 11.6 Å². The Balaban J connectivity index is 1.46. The zero-order chi connectivity index (χ0) is 16.6. The standard InChI is InChI=1S/C19H20ClN3O/c20-16-6-7-17(21-12-16)23-13-19(22-18(23)24)10-8-15(9-11-19)14-4-2-1-3-5-14/h1-7,12,15H,8-11,13H2,(H,22,24). The zero-order valence-electron chi connectivity index (χ0n) is 13.4. The number of amides is 2. The van der Waals surface area contributed by atoms with E-state index in [-0.39, 0.29) is 11.6 Å². The molecule has 1 saturated carbocycles. The fourth-order valence-electron chi connectivity index (χ4n) is 3.93. The lowest BCUT2D eigenvalue weighted by Gasteiger charge is -2.36. The van der Waals surface area contributed by atoms with Crippen LogP contribution in [0.15, 0.2) is 48.7 Å². The molecule has 1 N–H and O–H groups in total. The van der Waals surface area contributed by atoms with Gasteiger partial charge >= 0.3 is 6.03 Å². The summed E-state index contributed by atoms with van der Waals surface area (Å²) in [6.07, 6.45) is 5.80. The molecular formula is C19H20ClN3O. The van der Waals surface area contributed by atoms with E-state index in [0.29, 0.717) is 23.3 Å². The van der Waals surface area contributed by atoms with E-state index in [9.17, 15) is 4.79 Å². The number of rotatable bonds is 2. The van der Waals surface area contributed by atoms with Gasteiger partial charge in [-0.2, -0.15) is 0 Å². The second-order valence-electron chi connectivity index (χ2n) is 6.82. The van der Waals surface area contributed by atoms with Gasteiger partial charge in [-0.3, -0.25) is 4.90 Å². The van der Waals surface area contributed by atoms with E-state index >= 15 is 0 Å². The van der Waals surface area contributed by atoms with Gasteiger partial charge in [-0.15, -0.1) is 0 Å². The fourth-order valence-corrected chi connectivity index (χ4v) is 4.04. The molecule has 1 spiro atoms. The molecule has 4 nitrogen and oxygen atoms in total. The van der Waals surface area contributed by atoms with Gasteiger partial charge in [0.15, 0.2) is 0 Å². The molecule has 1 aliphatic carbocycles. The van der Waals surface area contributed by atoms with Crippen LogP contribution in [0.3, 0.4) is 0 Å². The number of hydrogen-bond donors (Lipinski definition) is 1. The van der Waals surface area contributed by atoms with Crippen molar-refractivity contribution < 1.29 is 4.79 Å². The van der Waals surface area contributed by atoms with Gasteiger partial charge in [-0.1, -0.05) is 41.9 Å². The minimum atomic E-state index is -0.121. The number of anilines is 1.